The van der Waals surface area contributed by atoms with Gasteiger partial charge in [-0.15, -0.1) is 0 Å². The van der Waals surface area contributed by atoms with E-state index in [1.165, 1.54) is 19.1 Å². The van der Waals surface area contributed by atoms with Crippen molar-refractivity contribution in [2.75, 3.05) is 6.61 Å². The Morgan fingerprint density at radius 1 is 1.21 bits per heavy atom. The molecule has 0 aromatic heterocycles. The molecular formula is C13H11F3O3. The summed E-state index contributed by atoms with van der Waals surface area (Å²) in [6.07, 6.45) is -4.25. The van der Waals surface area contributed by atoms with Crippen molar-refractivity contribution < 1.29 is 27.5 Å². The highest BCUT2D eigenvalue weighted by Crippen LogP contribution is 2.23. The Hall–Kier alpha value is -2.11. The van der Waals surface area contributed by atoms with Crippen LogP contribution in [0.25, 0.3) is 6.08 Å². The van der Waals surface area contributed by atoms with Crippen LogP contribution in [0.3, 0.4) is 0 Å². The van der Waals surface area contributed by atoms with E-state index in [9.17, 15) is 22.8 Å². The molecule has 1 aromatic rings. The van der Waals surface area contributed by atoms with Gasteiger partial charge in [-0.05, 0) is 18.6 Å². The summed E-state index contributed by atoms with van der Waals surface area (Å²) in [4.78, 5) is 22.6. The van der Waals surface area contributed by atoms with E-state index in [-0.39, 0.29) is 6.61 Å². The number of esters is 1. The van der Waals surface area contributed by atoms with Crippen LogP contribution in [0, 0.1) is 0 Å². The highest BCUT2D eigenvalue weighted by Gasteiger charge is 2.43. The second-order valence-electron chi connectivity index (χ2n) is 3.52. The molecule has 0 aliphatic heterocycles. The molecule has 0 saturated carbocycles. The van der Waals surface area contributed by atoms with Crippen molar-refractivity contribution in [3.05, 3.63) is 41.5 Å². The lowest BCUT2D eigenvalue weighted by atomic mass is 10.1. The summed E-state index contributed by atoms with van der Waals surface area (Å²) in [6, 6.07) is 7.76. The molecule has 0 unspecified atom stereocenters. The molecule has 0 heterocycles. The summed E-state index contributed by atoms with van der Waals surface area (Å²) in [5.74, 6) is -3.50. The Kier molecular flexibility index (Phi) is 4.86. The van der Waals surface area contributed by atoms with E-state index in [4.69, 9.17) is 0 Å². The molecule has 0 bridgehead atoms. The molecule has 0 saturated heterocycles. The maximum atomic E-state index is 12.4. The van der Waals surface area contributed by atoms with Gasteiger partial charge in [-0.3, -0.25) is 4.79 Å². The van der Waals surface area contributed by atoms with Crippen molar-refractivity contribution in [2.24, 2.45) is 0 Å². The molecule has 0 radical (unpaired) electrons. The van der Waals surface area contributed by atoms with E-state index in [2.05, 4.69) is 4.74 Å². The first-order valence-electron chi connectivity index (χ1n) is 5.41. The quantitative estimate of drug-likeness (QED) is 0.366. The van der Waals surface area contributed by atoms with Gasteiger partial charge in [0.2, 0.25) is 0 Å². The summed E-state index contributed by atoms with van der Waals surface area (Å²) in [5, 5.41) is 0. The van der Waals surface area contributed by atoms with E-state index < -0.39 is 23.5 Å². The average molecular weight is 272 g/mol. The number of alkyl halides is 3. The van der Waals surface area contributed by atoms with Gasteiger partial charge in [-0.25, -0.2) is 4.79 Å². The highest BCUT2D eigenvalue weighted by molar-refractivity contribution is 6.22. The van der Waals surface area contributed by atoms with E-state index in [0.29, 0.717) is 5.56 Å². The van der Waals surface area contributed by atoms with Gasteiger partial charge in [0.15, 0.2) is 0 Å². The van der Waals surface area contributed by atoms with Crippen LogP contribution < -0.4 is 0 Å². The number of carbonyl (C=O) groups excluding carboxylic acids is 2. The first-order valence-corrected chi connectivity index (χ1v) is 5.41. The summed E-state index contributed by atoms with van der Waals surface area (Å²) in [7, 11) is 0. The van der Waals surface area contributed by atoms with Gasteiger partial charge in [0.1, 0.15) is 5.57 Å². The van der Waals surface area contributed by atoms with Crippen LogP contribution in [0.2, 0.25) is 0 Å². The molecule has 0 aliphatic rings. The second kappa shape index (κ2) is 6.17. The molecule has 1 rings (SSSR count). The molecule has 19 heavy (non-hydrogen) atoms. The maximum Gasteiger partial charge on any atom is 0.455 e. The SMILES string of the molecule is CCOC(=O)/C(=C\c1ccccc1)C(=O)C(F)(F)F. The van der Waals surface area contributed by atoms with Gasteiger partial charge >= 0.3 is 12.1 Å². The summed E-state index contributed by atoms with van der Waals surface area (Å²) in [5.41, 5.74) is -0.719. The van der Waals surface area contributed by atoms with E-state index in [0.717, 1.165) is 6.08 Å². The van der Waals surface area contributed by atoms with Crippen LogP contribution in [-0.4, -0.2) is 24.5 Å². The highest BCUT2D eigenvalue weighted by atomic mass is 19.4. The van der Waals surface area contributed by atoms with Gasteiger partial charge in [0, 0.05) is 0 Å². The van der Waals surface area contributed by atoms with Crippen LogP contribution in [-0.2, 0) is 14.3 Å². The Bertz CT molecular complexity index is 490. The summed E-state index contributed by atoms with van der Waals surface area (Å²) < 4.78 is 41.7. The van der Waals surface area contributed by atoms with Gasteiger partial charge in [0.25, 0.3) is 5.78 Å². The number of ether oxygens (including phenoxy) is 1. The van der Waals surface area contributed by atoms with Gasteiger partial charge < -0.3 is 4.74 Å². The number of hydrogen-bond acceptors (Lipinski definition) is 3. The molecule has 0 atom stereocenters. The Balaban J connectivity index is 3.17. The van der Waals surface area contributed by atoms with Crippen LogP contribution in [0.15, 0.2) is 35.9 Å². The van der Waals surface area contributed by atoms with Crippen molar-refractivity contribution >= 4 is 17.8 Å². The monoisotopic (exact) mass is 272 g/mol. The van der Waals surface area contributed by atoms with Gasteiger partial charge in [-0.1, -0.05) is 30.3 Å². The van der Waals surface area contributed by atoms with E-state index in [1.807, 2.05) is 0 Å². The predicted molar refractivity (Wildman–Crippen MR) is 62.1 cm³/mol. The third kappa shape index (κ3) is 4.24. The van der Waals surface area contributed by atoms with Crippen molar-refractivity contribution in [3.8, 4) is 0 Å². The zero-order chi connectivity index (χ0) is 14.5. The van der Waals surface area contributed by atoms with Crippen LogP contribution >= 0.6 is 0 Å². The van der Waals surface area contributed by atoms with Crippen LogP contribution in [0.4, 0.5) is 13.2 Å². The van der Waals surface area contributed by atoms with E-state index >= 15 is 0 Å². The first kappa shape index (κ1) is 14.9. The summed E-state index contributed by atoms with van der Waals surface area (Å²) in [6.45, 7) is 1.33. The topological polar surface area (TPSA) is 43.4 Å². The molecule has 6 heteroatoms. The molecule has 3 nitrogen and oxygen atoms in total. The maximum absolute atomic E-state index is 12.4. The lowest BCUT2D eigenvalue weighted by molar-refractivity contribution is -0.168. The van der Waals surface area contributed by atoms with Crippen molar-refractivity contribution in [2.45, 2.75) is 13.1 Å². The van der Waals surface area contributed by atoms with Crippen LogP contribution in [0.1, 0.15) is 12.5 Å². The number of hydrogen-bond donors (Lipinski definition) is 0. The standard InChI is InChI=1S/C13H11F3O3/c1-2-19-12(18)10(11(17)13(14,15)16)8-9-6-4-3-5-7-9/h3-8H,2H2,1H3/b10-8-. The lowest BCUT2D eigenvalue weighted by Gasteiger charge is -2.08. The lowest BCUT2D eigenvalue weighted by Crippen LogP contribution is -2.29. The third-order valence-corrected chi connectivity index (χ3v) is 2.11. The Labute approximate surface area is 107 Å². The largest absolute Gasteiger partial charge is 0.462 e. The minimum Gasteiger partial charge on any atom is -0.462 e. The third-order valence-electron chi connectivity index (χ3n) is 2.11. The van der Waals surface area contributed by atoms with Crippen molar-refractivity contribution in [3.63, 3.8) is 0 Å². The molecular weight excluding hydrogens is 261 g/mol. The molecule has 0 N–H and O–H groups in total. The van der Waals surface area contributed by atoms with Crippen LogP contribution in [0.5, 0.6) is 0 Å². The number of ketones is 1. The average Bonchev–Trinajstić information content (AvgIpc) is 2.35. The minimum atomic E-state index is -5.12. The molecule has 102 valence electrons. The van der Waals surface area contributed by atoms with Crippen molar-refractivity contribution in [1.82, 2.24) is 0 Å². The fourth-order valence-corrected chi connectivity index (χ4v) is 1.29. The number of carbonyl (C=O) groups is 2. The molecule has 0 amide bonds. The second-order valence-corrected chi connectivity index (χ2v) is 3.52. The number of halogens is 3. The normalized spacial score (nSPS) is 12.1. The number of Topliss-reactive ketones (excluding diaryl/α,β-unsaturated/α-hetero) is 1. The molecule has 1 aromatic carbocycles. The molecule has 0 spiro atoms. The molecule has 0 fully saturated rings. The smallest absolute Gasteiger partial charge is 0.455 e. The van der Waals surface area contributed by atoms with Gasteiger partial charge in [-0.2, -0.15) is 13.2 Å². The Morgan fingerprint density at radius 3 is 2.26 bits per heavy atom. The zero-order valence-corrected chi connectivity index (χ0v) is 10.0. The predicted octanol–water partition coefficient (Wildman–Crippen LogP) is 2.76. The zero-order valence-electron chi connectivity index (χ0n) is 10.0. The fourth-order valence-electron chi connectivity index (χ4n) is 1.29. The van der Waals surface area contributed by atoms with Crippen molar-refractivity contribution in [1.29, 1.82) is 0 Å². The summed E-state index contributed by atoms with van der Waals surface area (Å²) >= 11 is 0. The Morgan fingerprint density at radius 2 is 1.79 bits per heavy atom. The van der Waals surface area contributed by atoms with E-state index in [1.54, 1.807) is 18.2 Å². The first-order chi connectivity index (χ1) is 8.86. The fraction of sp³-hybridized carbons (Fsp3) is 0.231. The number of benzene rings is 1. The molecule has 0 aliphatic carbocycles. The minimum absolute atomic E-state index is 0.115. The van der Waals surface area contributed by atoms with Gasteiger partial charge in [0.05, 0.1) is 6.61 Å². The number of rotatable bonds is 4.